The lowest BCUT2D eigenvalue weighted by Gasteiger charge is -2.05. The summed E-state index contributed by atoms with van der Waals surface area (Å²) in [6.07, 6.45) is 0. The lowest BCUT2D eigenvalue weighted by molar-refractivity contribution is 0.351. The minimum atomic E-state index is -0.123. The summed E-state index contributed by atoms with van der Waals surface area (Å²) in [5.74, 6) is 0.580. The number of hydrogen-bond acceptors (Lipinski definition) is 3. The zero-order valence-corrected chi connectivity index (χ0v) is 13.0. The van der Waals surface area contributed by atoms with Gasteiger partial charge in [-0.3, -0.25) is 5.11 Å². The molecule has 0 N–H and O–H groups in total. The van der Waals surface area contributed by atoms with E-state index in [1.165, 1.54) is 4.80 Å². The number of rotatable bonds is 3. The van der Waals surface area contributed by atoms with E-state index >= 15 is 0 Å². The molecule has 0 fully saturated rings. The molecule has 1 radical (unpaired) electrons. The zero-order valence-electron chi connectivity index (χ0n) is 13.0. The smallest absolute Gasteiger partial charge is 0.206 e. The molecule has 0 amide bonds. The predicted octanol–water partition coefficient (Wildman–Crippen LogP) is 4.24. The van der Waals surface area contributed by atoms with Gasteiger partial charge in [0.25, 0.3) is 0 Å². The first-order valence-corrected chi connectivity index (χ1v) is 7.52. The SMILES string of the molecule is COc1ccc2nn(-c3cc(-c4ccccc4)ccc3[O])nc2c1. The van der Waals surface area contributed by atoms with Crippen LogP contribution in [0.1, 0.15) is 0 Å². The van der Waals surface area contributed by atoms with E-state index < -0.39 is 0 Å². The van der Waals surface area contributed by atoms with Crippen LogP contribution in [0, 0.1) is 0 Å². The number of benzene rings is 3. The van der Waals surface area contributed by atoms with Crippen molar-refractivity contribution in [2.24, 2.45) is 0 Å². The van der Waals surface area contributed by atoms with Gasteiger partial charge in [0.15, 0.2) is 0 Å². The highest BCUT2D eigenvalue weighted by Gasteiger charge is 2.12. The fourth-order valence-electron chi connectivity index (χ4n) is 2.61. The Kier molecular flexibility index (Phi) is 3.39. The van der Waals surface area contributed by atoms with Crippen LogP contribution in [-0.4, -0.2) is 22.1 Å². The van der Waals surface area contributed by atoms with Crippen molar-refractivity contribution in [2.75, 3.05) is 7.11 Å². The van der Waals surface area contributed by atoms with Crippen molar-refractivity contribution in [1.82, 2.24) is 15.0 Å². The highest BCUT2D eigenvalue weighted by atomic mass is 16.5. The van der Waals surface area contributed by atoms with Gasteiger partial charge in [-0.2, -0.15) is 0 Å². The molecular formula is C19H14N3O2. The molecular weight excluding hydrogens is 302 g/mol. The molecule has 0 saturated heterocycles. The third kappa shape index (κ3) is 2.46. The minimum Gasteiger partial charge on any atom is -0.497 e. The summed E-state index contributed by atoms with van der Waals surface area (Å²) in [5.41, 5.74) is 3.80. The normalized spacial score (nSPS) is 10.9. The van der Waals surface area contributed by atoms with Gasteiger partial charge in [-0.1, -0.05) is 36.4 Å². The van der Waals surface area contributed by atoms with E-state index in [2.05, 4.69) is 10.2 Å². The fourth-order valence-corrected chi connectivity index (χ4v) is 2.61. The molecule has 0 aliphatic heterocycles. The van der Waals surface area contributed by atoms with Crippen LogP contribution in [-0.2, 0) is 5.11 Å². The van der Waals surface area contributed by atoms with E-state index in [1.54, 1.807) is 19.2 Å². The number of hydrogen-bond donors (Lipinski definition) is 0. The van der Waals surface area contributed by atoms with Crippen molar-refractivity contribution in [1.29, 1.82) is 0 Å². The van der Waals surface area contributed by atoms with Crippen LogP contribution in [0.3, 0.4) is 0 Å². The summed E-state index contributed by atoms with van der Waals surface area (Å²) in [4.78, 5) is 1.39. The van der Waals surface area contributed by atoms with E-state index in [1.807, 2.05) is 54.6 Å². The Morgan fingerprint density at radius 3 is 2.42 bits per heavy atom. The third-order valence-corrected chi connectivity index (χ3v) is 3.87. The van der Waals surface area contributed by atoms with Gasteiger partial charge in [0.05, 0.1) is 7.11 Å². The Morgan fingerprint density at radius 2 is 1.62 bits per heavy atom. The van der Waals surface area contributed by atoms with Crippen molar-refractivity contribution in [2.45, 2.75) is 0 Å². The average Bonchev–Trinajstić information content (AvgIpc) is 3.05. The Bertz CT molecular complexity index is 1010. The largest absolute Gasteiger partial charge is 0.497 e. The second-order valence-electron chi connectivity index (χ2n) is 5.39. The molecule has 0 aliphatic rings. The number of fused-ring (bicyclic) bond motifs is 1. The second kappa shape index (κ2) is 5.70. The van der Waals surface area contributed by atoms with E-state index in [4.69, 9.17) is 4.74 Å². The number of aromatic nitrogens is 3. The van der Waals surface area contributed by atoms with Gasteiger partial charge in [-0.05, 0) is 35.4 Å². The maximum atomic E-state index is 12.3. The molecule has 117 valence electrons. The summed E-state index contributed by atoms with van der Waals surface area (Å²) < 4.78 is 5.20. The number of nitrogens with zero attached hydrogens (tertiary/aromatic N) is 3. The van der Waals surface area contributed by atoms with Gasteiger partial charge < -0.3 is 4.74 Å². The standard InChI is InChI=1S/C19H14N3O2/c1-24-15-8-9-16-17(12-15)21-22(20-16)18-11-14(7-10-19(18)23)13-5-3-2-4-6-13/h2-12H,1H3. The molecule has 0 aliphatic carbocycles. The summed E-state index contributed by atoms with van der Waals surface area (Å²) in [7, 11) is 1.60. The molecule has 5 nitrogen and oxygen atoms in total. The van der Waals surface area contributed by atoms with Gasteiger partial charge in [-0.15, -0.1) is 15.0 Å². The van der Waals surface area contributed by atoms with Crippen molar-refractivity contribution < 1.29 is 9.84 Å². The summed E-state index contributed by atoms with van der Waals surface area (Å²) in [6.45, 7) is 0. The molecule has 1 aromatic heterocycles. The van der Waals surface area contributed by atoms with Gasteiger partial charge in [0, 0.05) is 6.07 Å². The molecule has 0 atom stereocenters. The van der Waals surface area contributed by atoms with E-state index in [0.29, 0.717) is 22.5 Å². The predicted molar refractivity (Wildman–Crippen MR) is 91.0 cm³/mol. The van der Waals surface area contributed by atoms with Crippen LogP contribution >= 0.6 is 0 Å². The van der Waals surface area contributed by atoms with Crippen LogP contribution in [0.25, 0.3) is 27.8 Å². The van der Waals surface area contributed by atoms with E-state index in [-0.39, 0.29) is 5.75 Å². The van der Waals surface area contributed by atoms with Crippen LogP contribution in [0.2, 0.25) is 0 Å². The van der Waals surface area contributed by atoms with Crippen LogP contribution in [0.5, 0.6) is 11.5 Å². The monoisotopic (exact) mass is 316 g/mol. The first kappa shape index (κ1) is 14.3. The molecule has 24 heavy (non-hydrogen) atoms. The van der Waals surface area contributed by atoms with Crippen molar-refractivity contribution in [3.05, 3.63) is 66.7 Å². The Balaban J connectivity index is 1.84. The lowest BCUT2D eigenvalue weighted by Crippen LogP contribution is -1.99. The summed E-state index contributed by atoms with van der Waals surface area (Å²) in [5, 5.41) is 21.1. The molecule has 4 rings (SSSR count). The maximum Gasteiger partial charge on any atom is 0.206 e. The van der Waals surface area contributed by atoms with Crippen LogP contribution < -0.4 is 4.74 Å². The van der Waals surface area contributed by atoms with Crippen LogP contribution in [0.4, 0.5) is 0 Å². The van der Waals surface area contributed by atoms with Gasteiger partial charge in [-0.25, -0.2) is 0 Å². The number of ether oxygens (including phenoxy) is 1. The molecule has 0 spiro atoms. The Morgan fingerprint density at radius 1 is 0.833 bits per heavy atom. The Hall–Kier alpha value is -3.34. The molecule has 0 bridgehead atoms. The fraction of sp³-hybridized carbons (Fsp3) is 0.0526. The first-order chi connectivity index (χ1) is 11.7. The molecule has 1 heterocycles. The third-order valence-electron chi connectivity index (χ3n) is 3.87. The minimum absolute atomic E-state index is 0.123. The number of methoxy groups -OCH3 is 1. The highest BCUT2D eigenvalue weighted by Crippen LogP contribution is 2.29. The molecule has 4 aromatic rings. The highest BCUT2D eigenvalue weighted by molar-refractivity contribution is 5.76. The van der Waals surface area contributed by atoms with Gasteiger partial charge in [0.2, 0.25) is 5.75 Å². The molecule has 0 saturated carbocycles. The Labute approximate surface area is 138 Å². The van der Waals surface area contributed by atoms with Crippen molar-refractivity contribution in [3.8, 4) is 28.3 Å². The second-order valence-corrected chi connectivity index (χ2v) is 5.39. The average molecular weight is 316 g/mol. The van der Waals surface area contributed by atoms with E-state index in [0.717, 1.165) is 11.1 Å². The van der Waals surface area contributed by atoms with Crippen molar-refractivity contribution >= 4 is 11.0 Å². The van der Waals surface area contributed by atoms with Gasteiger partial charge >= 0.3 is 0 Å². The lowest BCUT2D eigenvalue weighted by atomic mass is 10.1. The van der Waals surface area contributed by atoms with Crippen LogP contribution in [0.15, 0.2) is 66.7 Å². The van der Waals surface area contributed by atoms with E-state index in [9.17, 15) is 5.11 Å². The van der Waals surface area contributed by atoms with Crippen molar-refractivity contribution in [3.63, 3.8) is 0 Å². The summed E-state index contributed by atoms with van der Waals surface area (Å²) >= 11 is 0. The maximum absolute atomic E-state index is 12.3. The first-order valence-electron chi connectivity index (χ1n) is 7.52. The summed E-state index contributed by atoms with van der Waals surface area (Å²) in [6, 6.07) is 20.5. The quantitative estimate of drug-likeness (QED) is 0.568. The topological polar surface area (TPSA) is 59.8 Å². The zero-order chi connectivity index (χ0) is 16.5. The molecule has 5 heteroatoms. The molecule has 3 aromatic carbocycles. The molecule has 0 unspecified atom stereocenters. The van der Waals surface area contributed by atoms with Gasteiger partial charge in [0.1, 0.15) is 22.5 Å².